The monoisotopic (exact) mass is 343 g/mol. The van der Waals surface area contributed by atoms with Crippen LogP contribution in [-0.2, 0) is 6.42 Å². The van der Waals surface area contributed by atoms with Crippen LogP contribution in [0.15, 0.2) is 46.8 Å². The molecule has 0 aliphatic heterocycles. The number of hydrogen-bond donors (Lipinski definition) is 2. The molecule has 2 aromatic heterocycles. The molecule has 3 aromatic rings. The number of fused-ring (bicyclic) bond motifs is 1. The minimum absolute atomic E-state index is 0.0467. The summed E-state index contributed by atoms with van der Waals surface area (Å²) in [7, 11) is 0. The molecule has 1 amide bonds. The first-order valence-corrected chi connectivity index (χ1v) is 8.47. The molecule has 7 heteroatoms. The number of aromatic nitrogens is 2. The van der Waals surface area contributed by atoms with Crippen molar-refractivity contribution in [1.82, 2.24) is 14.7 Å². The van der Waals surface area contributed by atoms with Gasteiger partial charge in [-0.25, -0.2) is 4.98 Å². The quantitative estimate of drug-likeness (QED) is 0.740. The molecular formula is C17H17N3O3S. The molecule has 1 aromatic carbocycles. The van der Waals surface area contributed by atoms with Crippen molar-refractivity contribution in [1.29, 1.82) is 0 Å². The number of aliphatic hydroxyl groups excluding tert-OH is 1. The fourth-order valence-electron chi connectivity index (χ4n) is 2.44. The second-order valence-electron chi connectivity index (χ2n) is 5.34. The van der Waals surface area contributed by atoms with Gasteiger partial charge in [0.1, 0.15) is 5.56 Å². The fraction of sp³-hybridized carbons (Fsp3) is 0.235. The van der Waals surface area contributed by atoms with Crippen molar-refractivity contribution in [3.05, 3.63) is 69.1 Å². The Morgan fingerprint density at radius 1 is 1.38 bits per heavy atom. The number of carbonyl (C=O) groups is 1. The molecule has 24 heavy (non-hydrogen) atoms. The zero-order valence-corrected chi connectivity index (χ0v) is 13.9. The van der Waals surface area contributed by atoms with Crippen LogP contribution < -0.4 is 10.9 Å². The van der Waals surface area contributed by atoms with Crippen molar-refractivity contribution >= 4 is 22.2 Å². The Kier molecular flexibility index (Phi) is 4.73. The van der Waals surface area contributed by atoms with Crippen molar-refractivity contribution in [2.45, 2.75) is 19.4 Å². The van der Waals surface area contributed by atoms with E-state index in [9.17, 15) is 14.7 Å². The summed E-state index contributed by atoms with van der Waals surface area (Å²) in [5, 5.41) is 14.0. The van der Waals surface area contributed by atoms with Gasteiger partial charge in [-0.1, -0.05) is 31.2 Å². The Balaban J connectivity index is 1.85. The molecule has 0 aliphatic rings. The van der Waals surface area contributed by atoms with Gasteiger partial charge in [0.2, 0.25) is 0 Å². The Morgan fingerprint density at radius 2 is 2.12 bits per heavy atom. The third-order valence-electron chi connectivity index (χ3n) is 3.87. The molecule has 124 valence electrons. The van der Waals surface area contributed by atoms with Crippen LogP contribution >= 0.6 is 11.3 Å². The molecule has 2 heterocycles. The molecule has 0 saturated heterocycles. The summed E-state index contributed by atoms with van der Waals surface area (Å²) in [5.41, 5.74) is 1.49. The van der Waals surface area contributed by atoms with E-state index < -0.39 is 17.5 Å². The topological polar surface area (TPSA) is 83.7 Å². The summed E-state index contributed by atoms with van der Waals surface area (Å²) in [6.45, 7) is 1.80. The molecule has 0 saturated carbocycles. The molecule has 3 rings (SSSR count). The zero-order chi connectivity index (χ0) is 17.1. The standard InChI is InChI=1S/C17H17N3O3S/c1-2-11-3-5-12(6-4-11)14(10-21)19-15(22)13-9-18-17-20(16(13)23)7-8-24-17/h3-9,14,21H,2,10H2,1H3,(H,19,22). The van der Waals surface area contributed by atoms with Gasteiger partial charge in [0.25, 0.3) is 11.5 Å². The number of nitrogens with zero attached hydrogens (tertiary/aromatic N) is 2. The lowest BCUT2D eigenvalue weighted by atomic mass is 10.0. The van der Waals surface area contributed by atoms with E-state index in [1.807, 2.05) is 24.3 Å². The molecule has 2 N–H and O–H groups in total. The Hall–Kier alpha value is -2.51. The van der Waals surface area contributed by atoms with E-state index >= 15 is 0 Å². The summed E-state index contributed by atoms with van der Waals surface area (Å²) < 4.78 is 1.34. The number of amides is 1. The van der Waals surface area contributed by atoms with Crippen LogP contribution in [0.3, 0.4) is 0 Å². The predicted molar refractivity (Wildman–Crippen MR) is 92.5 cm³/mol. The molecule has 0 bridgehead atoms. The van der Waals surface area contributed by atoms with E-state index in [4.69, 9.17) is 0 Å². The minimum atomic E-state index is -0.578. The van der Waals surface area contributed by atoms with E-state index in [0.717, 1.165) is 12.0 Å². The number of benzene rings is 1. The number of rotatable bonds is 5. The average molecular weight is 343 g/mol. The molecule has 0 aliphatic carbocycles. The summed E-state index contributed by atoms with van der Waals surface area (Å²) in [6, 6.07) is 7.07. The number of carbonyl (C=O) groups excluding carboxylic acids is 1. The summed E-state index contributed by atoms with van der Waals surface area (Å²) in [6.07, 6.45) is 3.77. The maximum Gasteiger partial charge on any atom is 0.271 e. The van der Waals surface area contributed by atoms with E-state index in [1.54, 1.807) is 11.6 Å². The van der Waals surface area contributed by atoms with Gasteiger partial charge in [0, 0.05) is 17.8 Å². The number of aryl methyl sites for hydroxylation is 1. The van der Waals surface area contributed by atoms with Crippen molar-refractivity contribution in [3.8, 4) is 0 Å². The highest BCUT2D eigenvalue weighted by molar-refractivity contribution is 7.15. The first-order valence-electron chi connectivity index (χ1n) is 7.59. The number of aliphatic hydroxyl groups is 1. The van der Waals surface area contributed by atoms with Crippen molar-refractivity contribution in [2.75, 3.05) is 6.61 Å². The normalized spacial score (nSPS) is 12.2. The second-order valence-corrected chi connectivity index (χ2v) is 6.21. The number of thiazole rings is 1. The van der Waals surface area contributed by atoms with Gasteiger partial charge >= 0.3 is 0 Å². The summed E-state index contributed by atoms with van der Waals surface area (Å²) >= 11 is 1.32. The van der Waals surface area contributed by atoms with Gasteiger partial charge in [-0.15, -0.1) is 11.3 Å². The van der Waals surface area contributed by atoms with Crippen LogP contribution in [0.1, 0.15) is 34.5 Å². The minimum Gasteiger partial charge on any atom is -0.394 e. The molecule has 1 atom stereocenters. The van der Waals surface area contributed by atoms with Crippen molar-refractivity contribution < 1.29 is 9.90 Å². The Labute approximate surface area is 142 Å². The van der Waals surface area contributed by atoms with Gasteiger partial charge < -0.3 is 10.4 Å². The SMILES string of the molecule is CCc1ccc(C(CO)NC(=O)c2cnc3sccn3c2=O)cc1. The van der Waals surface area contributed by atoms with Gasteiger partial charge in [0.15, 0.2) is 4.96 Å². The lowest BCUT2D eigenvalue weighted by Gasteiger charge is -2.17. The summed E-state index contributed by atoms with van der Waals surface area (Å²) in [5.74, 6) is -0.549. The fourth-order valence-corrected chi connectivity index (χ4v) is 3.11. The third kappa shape index (κ3) is 3.08. The molecule has 0 radical (unpaired) electrons. The van der Waals surface area contributed by atoms with E-state index in [2.05, 4.69) is 17.2 Å². The highest BCUT2D eigenvalue weighted by Crippen LogP contribution is 2.15. The van der Waals surface area contributed by atoms with Crippen LogP contribution in [0.5, 0.6) is 0 Å². The zero-order valence-electron chi connectivity index (χ0n) is 13.1. The average Bonchev–Trinajstić information content (AvgIpc) is 3.09. The lowest BCUT2D eigenvalue weighted by Crippen LogP contribution is -2.35. The van der Waals surface area contributed by atoms with E-state index in [0.29, 0.717) is 4.96 Å². The molecule has 6 nitrogen and oxygen atoms in total. The van der Waals surface area contributed by atoms with Crippen molar-refractivity contribution in [3.63, 3.8) is 0 Å². The van der Waals surface area contributed by atoms with Gasteiger partial charge in [-0.2, -0.15) is 0 Å². The lowest BCUT2D eigenvalue weighted by molar-refractivity contribution is 0.0914. The molecule has 0 fully saturated rings. The number of nitrogens with one attached hydrogen (secondary N) is 1. The first kappa shape index (κ1) is 16.4. The van der Waals surface area contributed by atoms with E-state index in [1.165, 1.54) is 27.5 Å². The smallest absolute Gasteiger partial charge is 0.271 e. The van der Waals surface area contributed by atoms with Gasteiger partial charge in [-0.3, -0.25) is 14.0 Å². The largest absolute Gasteiger partial charge is 0.394 e. The maximum atomic E-state index is 12.4. The highest BCUT2D eigenvalue weighted by atomic mass is 32.1. The van der Waals surface area contributed by atoms with E-state index in [-0.39, 0.29) is 12.2 Å². The molecule has 1 unspecified atom stereocenters. The molecule has 0 spiro atoms. The predicted octanol–water partition coefficient (Wildman–Crippen LogP) is 1.78. The van der Waals surface area contributed by atoms with Gasteiger partial charge in [-0.05, 0) is 17.5 Å². The molecular weight excluding hydrogens is 326 g/mol. The van der Waals surface area contributed by atoms with Crippen LogP contribution in [-0.4, -0.2) is 27.0 Å². The third-order valence-corrected chi connectivity index (χ3v) is 4.64. The van der Waals surface area contributed by atoms with Crippen molar-refractivity contribution in [2.24, 2.45) is 0 Å². The summed E-state index contributed by atoms with van der Waals surface area (Å²) in [4.78, 5) is 29.4. The van der Waals surface area contributed by atoms with Crippen LogP contribution in [0, 0.1) is 0 Å². The number of hydrogen-bond acceptors (Lipinski definition) is 5. The first-order chi connectivity index (χ1) is 11.6. The Bertz CT molecular complexity index is 915. The van der Waals surface area contributed by atoms with Crippen LogP contribution in [0.2, 0.25) is 0 Å². The van der Waals surface area contributed by atoms with Crippen LogP contribution in [0.4, 0.5) is 0 Å². The maximum absolute atomic E-state index is 12.4. The van der Waals surface area contributed by atoms with Gasteiger partial charge in [0.05, 0.1) is 12.6 Å². The second kappa shape index (κ2) is 6.94. The van der Waals surface area contributed by atoms with Crippen LogP contribution in [0.25, 0.3) is 4.96 Å². The Morgan fingerprint density at radius 3 is 2.79 bits per heavy atom. The highest BCUT2D eigenvalue weighted by Gasteiger charge is 2.18.